The Labute approximate surface area is 214 Å². The molecule has 186 valence electrons. The van der Waals surface area contributed by atoms with Gasteiger partial charge in [-0.1, -0.05) is 37.1 Å². The van der Waals surface area contributed by atoms with Crippen LogP contribution in [0, 0.1) is 0 Å². The Morgan fingerprint density at radius 2 is 1.64 bits per heavy atom. The van der Waals surface area contributed by atoms with E-state index in [2.05, 4.69) is 22.8 Å². The van der Waals surface area contributed by atoms with E-state index in [1.54, 1.807) is 72.8 Å². The predicted octanol–water partition coefficient (Wildman–Crippen LogP) is 4.62. The number of carbonyl (C=O) groups is 3. The Kier molecular flexibility index (Phi) is 10.0. The zero-order valence-corrected chi connectivity index (χ0v) is 20.5. The molecule has 0 heterocycles. The lowest BCUT2D eigenvalue weighted by Gasteiger charge is -2.07. The van der Waals surface area contributed by atoms with Crippen LogP contribution in [0.2, 0.25) is 5.02 Å². The fourth-order valence-corrected chi connectivity index (χ4v) is 3.14. The molecule has 0 atom stereocenters. The van der Waals surface area contributed by atoms with E-state index in [1.807, 2.05) is 0 Å². The number of amides is 2. The molecule has 0 aliphatic heterocycles. The second-order valence-corrected chi connectivity index (χ2v) is 8.05. The molecule has 3 rings (SSSR count). The normalized spacial score (nSPS) is 10.6. The predicted molar refractivity (Wildman–Crippen MR) is 138 cm³/mol. The summed E-state index contributed by atoms with van der Waals surface area (Å²) in [7, 11) is 0. The van der Waals surface area contributed by atoms with E-state index in [4.69, 9.17) is 21.1 Å². The zero-order valence-electron chi connectivity index (χ0n) is 19.7. The number of unbranched alkanes of at least 4 members (excludes halogenated alkanes) is 1. The highest BCUT2D eigenvalue weighted by molar-refractivity contribution is 6.33. The number of nitrogens with zero attached hydrogens (tertiary/aromatic N) is 1. The highest BCUT2D eigenvalue weighted by Gasteiger charge is 2.12. The molecular formula is C27H26ClN3O5. The number of rotatable bonds is 11. The van der Waals surface area contributed by atoms with Gasteiger partial charge in [-0.25, -0.2) is 10.2 Å². The molecule has 2 N–H and O–H groups in total. The van der Waals surface area contributed by atoms with E-state index in [0.29, 0.717) is 34.3 Å². The number of hydrogen-bond acceptors (Lipinski definition) is 6. The Hall–Kier alpha value is -4.17. The average Bonchev–Trinajstić information content (AvgIpc) is 2.89. The van der Waals surface area contributed by atoms with Crippen molar-refractivity contribution in [2.45, 2.75) is 19.8 Å². The first-order valence-corrected chi connectivity index (χ1v) is 11.7. The van der Waals surface area contributed by atoms with Gasteiger partial charge in [0, 0.05) is 5.56 Å². The van der Waals surface area contributed by atoms with E-state index in [9.17, 15) is 14.4 Å². The van der Waals surface area contributed by atoms with Crippen LogP contribution >= 0.6 is 11.6 Å². The molecule has 0 aliphatic rings. The number of carbonyl (C=O) groups excluding carboxylic acids is 3. The molecule has 0 saturated heterocycles. The molecule has 0 aromatic heterocycles. The lowest BCUT2D eigenvalue weighted by molar-refractivity contribution is -0.120. The quantitative estimate of drug-likeness (QED) is 0.129. The number of hydrogen-bond donors (Lipinski definition) is 2. The van der Waals surface area contributed by atoms with Crippen molar-refractivity contribution < 1.29 is 23.9 Å². The third-order valence-corrected chi connectivity index (χ3v) is 5.21. The van der Waals surface area contributed by atoms with Gasteiger partial charge in [-0.2, -0.15) is 5.10 Å². The van der Waals surface area contributed by atoms with Crippen LogP contribution in [-0.4, -0.2) is 37.1 Å². The third kappa shape index (κ3) is 8.25. The molecule has 9 heteroatoms. The summed E-state index contributed by atoms with van der Waals surface area (Å²) < 4.78 is 10.9. The molecule has 0 spiro atoms. The van der Waals surface area contributed by atoms with Crippen LogP contribution in [0.3, 0.4) is 0 Å². The van der Waals surface area contributed by atoms with E-state index < -0.39 is 11.9 Å². The molecule has 2 amide bonds. The van der Waals surface area contributed by atoms with E-state index >= 15 is 0 Å². The first-order valence-electron chi connectivity index (χ1n) is 11.4. The SMILES string of the molecule is CCCCOc1ccc(C(=O)NCC(=O)N/N=C/c2ccc(OC(=O)c3ccccc3Cl)cc2)cc1. The van der Waals surface area contributed by atoms with Gasteiger partial charge >= 0.3 is 5.97 Å². The van der Waals surface area contributed by atoms with Gasteiger partial charge in [0.05, 0.1) is 30.0 Å². The van der Waals surface area contributed by atoms with Gasteiger partial charge in [-0.3, -0.25) is 9.59 Å². The molecular weight excluding hydrogens is 482 g/mol. The molecule has 0 saturated carbocycles. The van der Waals surface area contributed by atoms with Crippen LogP contribution in [0.1, 0.15) is 46.0 Å². The minimum absolute atomic E-state index is 0.234. The van der Waals surface area contributed by atoms with Gasteiger partial charge in [-0.15, -0.1) is 0 Å². The Morgan fingerprint density at radius 3 is 2.33 bits per heavy atom. The second-order valence-electron chi connectivity index (χ2n) is 7.64. The van der Waals surface area contributed by atoms with Crippen LogP contribution in [0.5, 0.6) is 11.5 Å². The fraction of sp³-hybridized carbons (Fsp3) is 0.185. The smallest absolute Gasteiger partial charge is 0.345 e. The molecule has 0 fully saturated rings. The van der Waals surface area contributed by atoms with Crippen LogP contribution in [0.15, 0.2) is 77.9 Å². The maximum absolute atomic E-state index is 12.2. The van der Waals surface area contributed by atoms with Crippen LogP contribution in [0.25, 0.3) is 0 Å². The van der Waals surface area contributed by atoms with Gasteiger partial charge in [0.25, 0.3) is 11.8 Å². The second kappa shape index (κ2) is 13.7. The Morgan fingerprint density at radius 1 is 0.944 bits per heavy atom. The summed E-state index contributed by atoms with van der Waals surface area (Å²) in [5.74, 6) is -0.392. The molecule has 8 nitrogen and oxygen atoms in total. The fourth-order valence-electron chi connectivity index (χ4n) is 2.93. The molecule has 0 aliphatic carbocycles. The van der Waals surface area contributed by atoms with Crippen molar-refractivity contribution in [3.63, 3.8) is 0 Å². The number of esters is 1. The van der Waals surface area contributed by atoms with Crippen molar-refractivity contribution in [1.29, 1.82) is 0 Å². The summed E-state index contributed by atoms with van der Waals surface area (Å²) >= 11 is 6.01. The van der Waals surface area contributed by atoms with Gasteiger partial charge < -0.3 is 14.8 Å². The molecule has 0 radical (unpaired) electrons. The molecule has 3 aromatic rings. The molecule has 36 heavy (non-hydrogen) atoms. The summed E-state index contributed by atoms with van der Waals surface area (Å²) in [5.41, 5.74) is 3.70. The minimum atomic E-state index is -0.562. The zero-order chi connectivity index (χ0) is 25.8. The number of benzene rings is 3. The monoisotopic (exact) mass is 507 g/mol. The number of halogens is 1. The molecule has 0 unspecified atom stereocenters. The van der Waals surface area contributed by atoms with Crippen LogP contribution in [-0.2, 0) is 4.79 Å². The lowest BCUT2D eigenvalue weighted by atomic mass is 10.2. The van der Waals surface area contributed by atoms with Crippen LogP contribution in [0.4, 0.5) is 0 Å². The molecule has 3 aromatic carbocycles. The van der Waals surface area contributed by atoms with Crippen molar-refractivity contribution in [3.05, 3.63) is 94.5 Å². The Balaban J connectivity index is 1.41. The summed E-state index contributed by atoms with van der Waals surface area (Å²) in [4.78, 5) is 36.4. The summed E-state index contributed by atoms with van der Waals surface area (Å²) in [6.07, 6.45) is 3.43. The maximum Gasteiger partial charge on any atom is 0.345 e. The topological polar surface area (TPSA) is 106 Å². The van der Waals surface area contributed by atoms with Crippen molar-refractivity contribution in [3.8, 4) is 11.5 Å². The Bertz CT molecular complexity index is 1210. The highest BCUT2D eigenvalue weighted by atomic mass is 35.5. The number of hydrazone groups is 1. The average molecular weight is 508 g/mol. The number of ether oxygens (including phenoxy) is 2. The molecule has 0 bridgehead atoms. The van der Waals surface area contributed by atoms with Crippen LogP contribution < -0.4 is 20.2 Å². The first-order chi connectivity index (χ1) is 17.5. The maximum atomic E-state index is 12.2. The van der Waals surface area contributed by atoms with Gasteiger partial charge in [0.2, 0.25) is 0 Å². The lowest BCUT2D eigenvalue weighted by Crippen LogP contribution is -2.34. The van der Waals surface area contributed by atoms with E-state index in [-0.39, 0.29) is 18.0 Å². The van der Waals surface area contributed by atoms with Crippen molar-refractivity contribution >= 4 is 35.6 Å². The van der Waals surface area contributed by atoms with Crippen molar-refractivity contribution in [1.82, 2.24) is 10.7 Å². The summed E-state index contributed by atoms with van der Waals surface area (Å²) in [5, 5.41) is 6.72. The minimum Gasteiger partial charge on any atom is -0.494 e. The largest absolute Gasteiger partial charge is 0.494 e. The van der Waals surface area contributed by atoms with Gasteiger partial charge in [-0.05, 0) is 72.6 Å². The van der Waals surface area contributed by atoms with Gasteiger partial charge in [0.15, 0.2) is 0 Å². The third-order valence-electron chi connectivity index (χ3n) is 4.88. The van der Waals surface area contributed by atoms with Gasteiger partial charge in [0.1, 0.15) is 11.5 Å². The van der Waals surface area contributed by atoms with Crippen molar-refractivity contribution in [2.24, 2.45) is 5.10 Å². The number of nitrogens with one attached hydrogen (secondary N) is 2. The van der Waals surface area contributed by atoms with Crippen molar-refractivity contribution in [2.75, 3.05) is 13.2 Å². The van der Waals surface area contributed by atoms with E-state index in [1.165, 1.54) is 6.21 Å². The van der Waals surface area contributed by atoms with E-state index in [0.717, 1.165) is 12.8 Å². The standard InChI is InChI=1S/C27H26ClN3O5/c1-2-3-16-35-21-14-10-20(11-15-21)26(33)29-18-25(32)31-30-17-19-8-12-22(13-9-19)36-27(34)23-6-4-5-7-24(23)28/h4-15,17H,2-3,16,18H2,1H3,(H,29,33)(H,31,32)/b30-17+. The highest BCUT2D eigenvalue weighted by Crippen LogP contribution is 2.19. The first kappa shape index (κ1) is 26.4. The summed E-state index contributed by atoms with van der Waals surface area (Å²) in [6.45, 7) is 2.48. The summed E-state index contributed by atoms with van der Waals surface area (Å²) in [6, 6.07) is 19.9.